The molecular formula is C16H17FN2O. The van der Waals surface area contributed by atoms with Crippen molar-refractivity contribution >= 4 is 5.91 Å². The van der Waals surface area contributed by atoms with E-state index in [2.05, 4.69) is 10.6 Å². The van der Waals surface area contributed by atoms with Gasteiger partial charge >= 0.3 is 0 Å². The summed E-state index contributed by atoms with van der Waals surface area (Å²) in [5.74, 6) is -0.300. The minimum absolute atomic E-state index is 0.101. The summed E-state index contributed by atoms with van der Waals surface area (Å²) >= 11 is 0. The number of halogens is 1. The molecule has 2 aromatic carbocycles. The standard InChI is InChI=1S/C16H17FN2O/c1-18-16(20)13-8-6-12(7-9-13)10-19-11-14-4-2-3-5-15(14)17/h2-9,19H,10-11H2,1H3,(H,18,20). The fraction of sp³-hybridized carbons (Fsp3) is 0.188. The van der Waals surface area contributed by atoms with Crippen molar-refractivity contribution in [3.05, 3.63) is 71.0 Å². The molecule has 0 saturated carbocycles. The van der Waals surface area contributed by atoms with E-state index in [-0.39, 0.29) is 11.7 Å². The zero-order chi connectivity index (χ0) is 14.4. The van der Waals surface area contributed by atoms with E-state index in [1.165, 1.54) is 6.07 Å². The Bertz CT molecular complexity index is 581. The van der Waals surface area contributed by atoms with Gasteiger partial charge in [-0.25, -0.2) is 4.39 Å². The summed E-state index contributed by atoms with van der Waals surface area (Å²) in [4.78, 5) is 11.4. The van der Waals surface area contributed by atoms with E-state index in [4.69, 9.17) is 0 Å². The maximum atomic E-state index is 13.4. The molecule has 0 saturated heterocycles. The van der Waals surface area contributed by atoms with Crippen LogP contribution in [0.3, 0.4) is 0 Å². The first kappa shape index (κ1) is 14.2. The summed E-state index contributed by atoms with van der Waals surface area (Å²) in [6.45, 7) is 1.10. The van der Waals surface area contributed by atoms with E-state index in [1.54, 1.807) is 31.3 Å². The Hall–Kier alpha value is -2.20. The Balaban J connectivity index is 1.88. The van der Waals surface area contributed by atoms with Gasteiger partial charge in [0.1, 0.15) is 5.82 Å². The van der Waals surface area contributed by atoms with Gasteiger partial charge in [0.15, 0.2) is 0 Å². The summed E-state index contributed by atoms with van der Waals surface area (Å²) in [5, 5.41) is 5.76. The first-order valence-electron chi connectivity index (χ1n) is 6.46. The second kappa shape index (κ2) is 6.82. The third-order valence-electron chi connectivity index (χ3n) is 3.05. The molecule has 0 aliphatic rings. The molecule has 4 heteroatoms. The third-order valence-corrected chi connectivity index (χ3v) is 3.05. The Labute approximate surface area is 117 Å². The summed E-state index contributed by atoms with van der Waals surface area (Å²) in [6.07, 6.45) is 0. The molecule has 0 aromatic heterocycles. The van der Waals surface area contributed by atoms with Crippen molar-refractivity contribution < 1.29 is 9.18 Å². The van der Waals surface area contributed by atoms with Gasteiger partial charge in [0.25, 0.3) is 5.91 Å². The maximum Gasteiger partial charge on any atom is 0.251 e. The van der Waals surface area contributed by atoms with E-state index in [0.717, 1.165) is 5.56 Å². The van der Waals surface area contributed by atoms with E-state index in [1.807, 2.05) is 18.2 Å². The molecule has 0 atom stereocenters. The second-order valence-corrected chi connectivity index (χ2v) is 4.47. The molecule has 0 heterocycles. The molecule has 0 fully saturated rings. The van der Waals surface area contributed by atoms with Crippen LogP contribution in [0.15, 0.2) is 48.5 Å². The monoisotopic (exact) mass is 272 g/mol. The van der Waals surface area contributed by atoms with Gasteiger partial charge in [0, 0.05) is 31.3 Å². The average Bonchev–Trinajstić information content (AvgIpc) is 2.49. The van der Waals surface area contributed by atoms with Crippen molar-refractivity contribution in [2.45, 2.75) is 13.1 Å². The molecule has 104 valence electrons. The summed E-state index contributed by atoms with van der Waals surface area (Å²) in [6, 6.07) is 14.0. The highest BCUT2D eigenvalue weighted by molar-refractivity contribution is 5.93. The molecule has 0 radical (unpaired) electrons. The minimum atomic E-state index is -0.199. The molecule has 20 heavy (non-hydrogen) atoms. The third kappa shape index (κ3) is 3.65. The zero-order valence-electron chi connectivity index (χ0n) is 11.3. The van der Waals surface area contributed by atoms with Crippen LogP contribution in [-0.2, 0) is 13.1 Å². The van der Waals surface area contributed by atoms with Crippen LogP contribution in [0.2, 0.25) is 0 Å². The van der Waals surface area contributed by atoms with Gasteiger partial charge in [0.05, 0.1) is 0 Å². The van der Waals surface area contributed by atoms with Crippen molar-refractivity contribution in [2.75, 3.05) is 7.05 Å². The molecule has 0 aliphatic carbocycles. The largest absolute Gasteiger partial charge is 0.355 e. The molecule has 0 unspecified atom stereocenters. The number of benzene rings is 2. The smallest absolute Gasteiger partial charge is 0.251 e. The van der Waals surface area contributed by atoms with Crippen LogP contribution in [0, 0.1) is 5.82 Å². The first-order valence-corrected chi connectivity index (χ1v) is 6.46. The van der Waals surface area contributed by atoms with Gasteiger partial charge in [-0.3, -0.25) is 4.79 Å². The van der Waals surface area contributed by atoms with Crippen molar-refractivity contribution in [3.8, 4) is 0 Å². The highest BCUT2D eigenvalue weighted by Crippen LogP contribution is 2.07. The van der Waals surface area contributed by atoms with Crippen molar-refractivity contribution in [3.63, 3.8) is 0 Å². The lowest BCUT2D eigenvalue weighted by atomic mass is 10.1. The Morgan fingerprint density at radius 1 is 1.05 bits per heavy atom. The maximum absolute atomic E-state index is 13.4. The topological polar surface area (TPSA) is 41.1 Å². The van der Waals surface area contributed by atoms with Gasteiger partial charge in [-0.05, 0) is 23.8 Å². The van der Waals surface area contributed by atoms with Gasteiger partial charge in [-0.15, -0.1) is 0 Å². The van der Waals surface area contributed by atoms with Crippen LogP contribution in [0.1, 0.15) is 21.5 Å². The van der Waals surface area contributed by atoms with Crippen molar-refractivity contribution in [1.29, 1.82) is 0 Å². The fourth-order valence-corrected chi connectivity index (χ4v) is 1.90. The van der Waals surface area contributed by atoms with Gasteiger partial charge in [-0.1, -0.05) is 30.3 Å². The fourth-order valence-electron chi connectivity index (χ4n) is 1.90. The number of amides is 1. The van der Waals surface area contributed by atoms with Crippen molar-refractivity contribution in [2.24, 2.45) is 0 Å². The van der Waals surface area contributed by atoms with Gasteiger partial charge in [-0.2, -0.15) is 0 Å². The van der Waals surface area contributed by atoms with E-state index in [9.17, 15) is 9.18 Å². The minimum Gasteiger partial charge on any atom is -0.355 e. The van der Waals surface area contributed by atoms with Gasteiger partial charge in [0.2, 0.25) is 0 Å². The summed E-state index contributed by atoms with van der Waals surface area (Å²) in [5.41, 5.74) is 2.33. The normalized spacial score (nSPS) is 10.3. The Morgan fingerprint density at radius 2 is 1.75 bits per heavy atom. The molecule has 2 N–H and O–H groups in total. The number of nitrogens with one attached hydrogen (secondary N) is 2. The van der Waals surface area contributed by atoms with Crippen LogP contribution in [0.4, 0.5) is 4.39 Å². The number of rotatable bonds is 5. The molecule has 2 aromatic rings. The highest BCUT2D eigenvalue weighted by Gasteiger charge is 2.03. The Kier molecular flexibility index (Phi) is 4.85. The lowest BCUT2D eigenvalue weighted by Gasteiger charge is -2.07. The van der Waals surface area contributed by atoms with Crippen molar-refractivity contribution in [1.82, 2.24) is 10.6 Å². The number of carbonyl (C=O) groups is 1. The molecule has 2 rings (SSSR count). The van der Waals surface area contributed by atoms with Gasteiger partial charge < -0.3 is 10.6 Å². The highest BCUT2D eigenvalue weighted by atomic mass is 19.1. The molecular weight excluding hydrogens is 255 g/mol. The number of hydrogen-bond donors (Lipinski definition) is 2. The van der Waals surface area contributed by atoms with E-state index < -0.39 is 0 Å². The quantitative estimate of drug-likeness (QED) is 0.878. The van der Waals surface area contributed by atoms with Crippen LogP contribution in [0.25, 0.3) is 0 Å². The summed E-state index contributed by atoms with van der Waals surface area (Å²) < 4.78 is 13.4. The van der Waals surface area contributed by atoms with Crippen LogP contribution in [-0.4, -0.2) is 13.0 Å². The van der Waals surface area contributed by atoms with Crippen LogP contribution >= 0.6 is 0 Å². The molecule has 0 spiro atoms. The van der Waals surface area contributed by atoms with E-state index >= 15 is 0 Å². The molecule has 1 amide bonds. The Morgan fingerprint density at radius 3 is 2.40 bits per heavy atom. The lowest BCUT2D eigenvalue weighted by molar-refractivity contribution is 0.0963. The first-order chi connectivity index (χ1) is 9.70. The zero-order valence-corrected chi connectivity index (χ0v) is 11.3. The predicted molar refractivity (Wildman–Crippen MR) is 76.8 cm³/mol. The van der Waals surface area contributed by atoms with Crippen LogP contribution < -0.4 is 10.6 Å². The summed E-state index contributed by atoms with van der Waals surface area (Å²) in [7, 11) is 1.60. The van der Waals surface area contributed by atoms with E-state index in [0.29, 0.717) is 24.2 Å². The lowest BCUT2D eigenvalue weighted by Crippen LogP contribution is -2.18. The molecule has 0 aliphatic heterocycles. The second-order valence-electron chi connectivity index (χ2n) is 4.47. The SMILES string of the molecule is CNC(=O)c1ccc(CNCc2ccccc2F)cc1. The average molecular weight is 272 g/mol. The number of carbonyl (C=O) groups excluding carboxylic acids is 1. The molecule has 0 bridgehead atoms. The predicted octanol–water partition coefficient (Wildman–Crippen LogP) is 2.48. The number of hydrogen-bond acceptors (Lipinski definition) is 2. The van der Waals surface area contributed by atoms with Crippen LogP contribution in [0.5, 0.6) is 0 Å². The molecule has 3 nitrogen and oxygen atoms in total.